The molecule has 1 aliphatic rings. The number of benzene rings is 4. The fraction of sp³-hybridized carbons (Fsp3) is 0.311. The first-order valence-corrected chi connectivity index (χ1v) is 20.1. The average molecular weight is 788 g/mol. The molecule has 1 N–H and O–H groups in total. The van der Waals surface area contributed by atoms with Gasteiger partial charge in [-0.25, -0.2) is 4.98 Å². The molecule has 4 aromatic carbocycles. The second-order valence-electron chi connectivity index (χ2n) is 14.4. The molecule has 288 valence electrons. The van der Waals surface area contributed by atoms with E-state index in [4.69, 9.17) is 30.8 Å². The molecule has 9 nitrogen and oxygen atoms in total. The maximum atomic E-state index is 9.82. The molecule has 0 radical (unpaired) electrons. The van der Waals surface area contributed by atoms with Crippen molar-refractivity contribution in [3.63, 3.8) is 0 Å². The number of nitrogens with zero attached hydrogens (tertiary/aromatic N) is 5. The summed E-state index contributed by atoms with van der Waals surface area (Å²) in [4.78, 5) is 13.5. The number of likely N-dealkylation sites (tertiary alicyclic amines) is 1. The van der Waals surface area contributed by atoms with Gasteiger partial charge in [0.25, 0.3) is 0 Å². The van der Waals surface area contributed by atoms with Crippen LogP contribution >= 0.6 is 22.9 Å². The van der Waals surface area contributed by atoms with E-state index in [2.05, 4.69) is 72.1 Å². The number of fused-ring (bicyclic) bond motifs is 1. The van der Waals surface area contributed by atoms with Gasteiger partial charge in [-0.3, -0.25) is 9.88 Å². The lowest BCUT2D eigenvalue weighted by molar-refractivity contribution is 0.173. The molecule has 0 bridgehead atoms. The number of rotatable bonds is 16. The van der Waals surface area contributed by atoms with Crippen molar-refractivity contribution in [2.75, 3.05) is 33.3 Å². The standard InChI is InChI=1S/C45H46ClN5O4S/c1-30-34(9-6-10-37(30)38-11-7-13-41(31(38)2)53-18-8-16-51-17-15-36(52)26-51)29-55-43-21-42(54-28-33-19-32(22-47)23-48-24-33)35(20-39(43)46)25-50(3)27-45-49-40-12-4-5-14-44(40)56-45/h4-7,9-14,19-21,23-24,36,52H,8,15-18,25-29H2,1-3H3. The maximum Gasteiger partial charge on any atom is 0.142 e. The number of hydrogen-bond donors (Lipinski definition) is 1. The predicted octanol–water partition coefficient (Wildman–Crippen LogP) is 9.13. The summed E-state index contributed by atoms with van der Waals surface area (Å²) < 4.78 is 20.3. The van der Waals surface area contributed by atoms with Gasteiger partial charge < -0.3 is 24.2 Å². The van der Waals surface area contributed by atoms with Crippen LogP contribution in [-0.4, -0.2) is 64.3 Å². The zero-order chi connectivity index (χ0) is 39.0. The Morgan fingerprint density at radius 1 is 0.893 bits per heavy atom. The summed E-state index contributed by atoms with van der Waals surface area (Å²) in [6.07, 6.45) is 4.79. The van der Waals surface area contributed by atoms with Crippen molar-refractivity contribution >= 4 is 33.2 Å². The molecule has 3 heterocycles. The molecule has 0 amide bonds. The Morgan fingerprint density at radius 3 is 2.50 bits per heavy atom. The molecule has 7 rings (SSSR count). The van der Waals surface area contributed by atoms with E-state index < -0.39 is 0 Å². The van der Waals surface area contributed by atoms with Crippen LogP contribution in [0.25, 0.3) is 21.3 Å². The van der Waals surface area contributed by atoms with E-state index in [1.165, 1.54) is 6.20 Å². The highest BCUT2D eigenvalue weighted by molar-refractivity contribution is 7.18. The third-order valence-electron chi connectivity index (χ3n) is 10.1. The Kier molecular flexibility index (Phi) is 12.8. The van der Waals surface area contributed by atoms with E-state index in [1.54, 1.807) is 23.6 Å². The van der Waals surface area contributed by atoms with Crippen LogP contribution in [0.2, 0.25) is 5.02 Å². The van der Waals surface area contributed by atoms with Gasteiger partial charge in [0.05, 0.1) is 40.1 Å². The molecule has 1 aliphatic heterocycles. The van der Waals surface area contributed by atoms with Gasteiger partial charge in [-0.1, -0.05) is 54.1 Å². The number of para-hydroxylation sites is 1. The molecule has 11 heteroatoms. The van der Waals surface area contributed by atoms with E-state index in [1.807, 2.05) is 42.5 Å². The molecule has 2 aromatic heterocycles. The molecule has 6 aromatic rings. The van der Waals surface area contributed by atoms with Gasteiger partial charge in [0, 0.05) is 55.8 Å². The molecule has 1 saturated heterocycles. The molecule has 0 spiro atoms. The van der Waals surface area contributed by atoms with Crippen LogP contribution in [0.15, 0.2) is 91.3 Å². The summed E-state index contributed by atoms with van der Waals surface area (Å²) in [5.41, 5.74) is 8.66. The minimum atomic E-state index is -0.203. The fourth-order valence-electron chi connectivity index (χ4n) is 7.13. The van der Waals surface area contributed by atoms with E-state index in [-0.39, 0.29) is 12.7 Å². The summed E-state index contributed by atoms with van der Waals surface area (Å²) in [6, 6.07) is 28.4. The number of ether oxygens (including phenoxy) is 3. The van der Waals surface area contributed by atoms with E-state index in [0.717, 1.165) is 92.4 Å². The second kappa shape index (κ2) is 18.3. The average Bonchev–Trinajstić information content (AvgIpc) is 3.81. The van der Waals surface area contributed by atoms with Crippen LogP contribution in [0, 0.1) is 25.2 Å². The second-order valence-corrected chi connectivity index (χ2v) is 15.9. The molecule has 56 heavy (non-hydrogen) atoms. The van der Waals surface area contributed by atoms with Crippen molar-refractivity contribution in [3.05, 3.63) is 135 Å². The van der Waals surface area contributed by atoms with Crippen molar-refractivity contribution in [3.8, 4) is 34.4 Å². The van der Waals surface area contributed by atoms with Crippen molar-refractivity contribution in [1.29, 1.82) is 5.26 Å². The summed E-state index contributed by atoms with van der Waals surface area (Å²) in [5.74, 6) is 2.03. The first kappa shape index (κ1) is 39.2. The minimum Gasteiger partial charge on any atom is -0.493 e. The number of pyridine rings is 1. The van der Waals surface area contributed by atoms with Gasteiger partial charge in [0.2, 0.25) is 0 Å². The van der Waals surface area contributed by atoms with Crippen molar-refractivity contribution in [2.45, 2.75) is 59.1 Å². The quantitative estimate of drug-likeness (QED) is 0.0963. The van der Waals surface area contributed by atoms with Crippen molar-refractivity contribution in [1.82, 2.24) is 19.8 Å². The third-order valence-corrected chi connectivity index (χ3v) is 11.5. The van der Waals surface area contributed by atoms with Gasteiger partial charge in [-0.15, -0.1) is 11.3 Å². The van der Waals surface area contributed by atoms with Crippen LogP contribution in [0.3, 0.4) is 0 Å². The van der Waals surface area contributed by atoms with Gasteiger partial charge >= 0.3 is 0 Å². The lowest BCUT2D eigenvalue weighted by Crippen LogP contribution is -2.24. The normalized spacial score (nSPS) is 14.3. The number of aliphatic hydroxyl groups is 1. The van der Waals surface area contributed by atoms with E-state index in [0.29, 0.717) is 48.4 Å². The molecule has 1 atom stereocenters. The highest BCUT2D eigenvalue weighted by Gasteiger charge is 2.20. The maximum absolute atomic E-state index is 9.82. The van der Waals surface area contributed by atoms with Crippen LogP contribution in [0.5, 0.6) is 17.2 Å². The topological polar surface area (TPSA) is 104 Å². The monoisotopic (exact) mass is 787 g/mol. The van der Waals surface area contributed by atoms with Crippen LogP contribution in [0.1, 0.15) is 51.2 Å². The third kappa shape index (κ3) is 9.67. The van der Waals surface area contributed by atoms with Crippen LogP contribution in [0.4, 0.5) is 0 Å². The molecular weight excluding hydrogens is 742 g/mol. The molecule has 0 saturated carbocycles. The highest BCUT2D eigenvalue weighted by Crippen LogP contribution is 2.37. The number of thiazole rings is 1. The Hall–Kier alpha value is -5.02. The van der Waals surface area contributed by atoms with Gasteiger partial charge in [0.1, 0.15) is 41.5 Å². The Bertz CT molecular complexity index is 2310. The number of β-amino-alcohol motifs (C(OH)–C–C–N with tert-alkyl or cyclic N) is 1. The Balaban J connectivity index is 1.06. The number of halogens is 1. The predicted molar refractivity (Wildman–Crippen MR) is 222 cm³/mol. The molecule has 1 fully saturated rings. The zero-order valence-electron chi connectivity index (χ0n) is 32.0. The molecular formula is C45H46ClN5O4S. The Morgan fingerprint density at radius 2 is 1.70 bits per heavy atom. The fourth-order valence-corrected chi connectivity index (χ4v) is 8.42. The summed E-state index contributed by atoms with van der Waals surface area (Å²) in [6.45, 7) is 9.24. The number of nitriles is 1. The SMILES string of the molecule is Cc1c(COc2cc(OCc3cncc(C#N)c3)c(CN(C)Cc3nc4ccccc4s3)cc2Cl)cccc1-c1cccc(OCCCN2CCC(O)C2)c1C. The van der Waals surface area contributed by atoms with Crippen molar-refractivity contribution in [2.24, 2.45) is 0 Å². The minimum absolute atomic E-state index is 0.203. The lowest BCUT2D eigenvalue weighted by atomic mass is 9.93. The van der Waals surface area contributed by atoms with Crippen molar-refractivity contribution < 1.29 is 19.3 Å². The van der Waals surface area contributed by atoms with E-state index >= 15 is 0 Å². The van der Waals surface area contributed by atoms with Gasteiger partial charge in [-0.05, 0) is 91.9 Å². The molecule has 0 aliphatic carbocycles. The van der Waals surface area contributed by atoms with E-state index in [9.17, 15) is 10.4 Å². The Labute approximate surface area is 337 Å². The number of aliphatic hydroxyl groups excluding tert-OH is 1. The van der Waals surface area contributed by atoms with Gasteiger partial charge in [0.15, 0.2) is 0 Å². The number of hydrogen-bond acceptors (Lipinski definition) is 10. The molecule has 1 unspecified atom stereocenters. The van der Waals surface area contributed by atoms with Gasteiger partial charge in [-0.2, -0.15) is 5.26 Å². The summed E-state index contributed by atoms with van der Waals surface area (Å²) in [5, 5.41) is 20.7. The lowest BCUT2D eigenvalue weighted by Gasteiger charge is -2.20. The first-order chi connectivity index (χ1) is 27.2. The summed E-state index contributed by atoms with van der Waals surface area (Å²) in [7, 11) is 2.05. The van der Waals surface area contributed by atoms with Crippen LogP contribution < -0.4 is 14.2 Å². The first-order valence-electron chi connectivity index (χ1n) is 18.9. The highest BCUT2D eigenvalue weighted by atomic mass is 35.5. The van der Waals surface area contributed by atoms with Crippen LogP contribution in [-0.2, 0) is 26.3 Å². The largest absolute Gasteiger partial charge is 0.493 e. The number of aromatic nitrogens is 2. The zero-order valence-corrected chi connectivity index (χ0v) is 33.6. The summed E-state index contributed by atoms with van der Waals surface area (Å²) >= 11 is 8.63. The smallest absolute Gasteiger partial charge is 0.142 e.